The first kappa shape index (κ1) is 13.2. The standard InChI is InChI=1S/C13H11ClN2O3/c1-8-6-10(15)3-5-12(8)19-13-4-2-9(14)7-11(13)16(17)18/h2-7H,15H2,1H3. The van der Waals surface area contributed by atoms with Crippen molar-refractivity contribution >= 4 is 23.0 Å². The van der Waals surface area contributed by atoms with Crippen molar-refractivity contribution in [2.24, 2.45) is 0 Å². The second-order valence-corrected chi connectivity index (χ2v) is 4.43. The van der Waals surface area contributed by atoms with Gasteiger partial charge in [0, 0.05) is 16.8 Å². The Kier molecular flexibility index (Phi) is 3.57. The van der Waals surface area contributed by atoms with Crippen molar-refractivity contribution in [3.63, 3.8) is 0 Å². The molecule has 0 amide bonds. The molecule has 0 aliphatic rings. The zero-order valence-electron chi connectivity index (χ0n) is 10.1. The number of nitrogens with zero attached hydrogens (tertiary/aromatic N) is 1. The number of halogens is 1. The summed E-state index contributed by atoms with van der Waals surface area (Å²) in [5.74, 6) is 0.655. The molecule has 0 saturated heterocycles. The van der Waals surface area contributed by atoms with Crippen LogP contribution in [0, 0.1) is 17.0 Å². The molecule has 0 radical (unpaired) electrons. The minimum Gasteiger partial charge on any atom is -0.450 e. The third-order valence-electron chi connectivity index (χ3n) is 2.54. The molecule has 2 rings (SSSR count). The minimum atomic E-state index is -0.534. The largest absolute Gasteiger partial charge is 0.450 e. The second kappa shape index (κ2) is 5.16. The predicted molar refractivity (Wildman–Crippen MR) is 73.8 cm³/mol. The molecule has 6 heteroatoms. The molecule has 5 nitrogen and oxygen atoms in total. The molecular formula is C13H11ClN2O3. The van der Waals surface area contributed by atoms with Crippen LogP contribution in [0.25, 0.3) is 0 Å². The van der Waals surface area contributed by atoms with Gasteiger partial charge in [0.1, 0.15) is 5.75 Å². The van der Waals surface area contributed by atoms with E-state index in [1.807, 2.05) is 6.92 Å². The number of aryl methyl sites for hydroxylation is 1. The van der Waals surface area contributed by atoms with Gasteiger partial charge >= 0.3 is 5.69 Å². The molecule has 0 atom stereocenters. The van der Waals surface area contributed by atoms with E-state index in [1.54, 1.807) is 18.2 Å². The van der Waals surface area contributed by atoms with Gasteiger partial charge < -0.3 is 10.5 Å². The zero-order valence-corrected chi connectivity index (χ0v) is 10.8. The van der Waals surface area contributed by atoms with Crippen LogP contribution in [0.3, 0.4) is 0 Å². The lowest BCUT2D eigenvalue weighted by atomic mass is 10.2. The number of hydrogen-bond acceptors (Lipinski definition) is 4. The van der Waals surface area contributed by atoms with E-state index in [-0.39, 0.29) is 16.5 Å². The van der Waals surface area contributed by atoms with Gasteiger partial charge in [-0.1, -0.05) is 11.6 Å². The lowest BCUT2D eigenvalue weighted by Gasteiger charge is -2.09. The van der Waals surface area contributed by atoms with E-state index in [2.05, 4.69) is 0 Å². The molecule has 0 fully saturated rings. The van der Waals surface area contributed by atoms with Crippen LogP contribution in [-0.2, 0) is 0 Å². The van der Waals surface area contributed by atoms with Crippen molar-refractivity contribution in [2.75, 3.05) is 5.73 Å². The van der Waals surface area contributed by atoms with Crippen molar-refractivity contribution in [1.82, 2.24) is 0 Å². The Morgan fingerprint density at radius 2 is 1.89 bits per heavy atom. The van der Waals surface area contributed by atoms with Crippen molar-refractivity contribution in [2.45, 2.75) is 6.92 Å². The van der Waals surface area contributed by atoms with Crippen molar-refractivity contribution in [3.05, 3.63) is 57.1 Å². The SMILES string of the molecule is Cc1cc(N)ccc1Oc1ccc(Cl)cc1[N+](=O)[O-]. The van der Waals surface area contributed by atoms with E-state index in [0.29, 0.717) is 11.4 Å². The Morgan fingerprint density at radius 3 is 2.53 bits per heavy atom. The molecule has 0 unspecified atom stereocenters. The van der Waals surface area contributed by atoms with Gasteiger partial charge in [-0.05, 0) is 42.8 Å². The maximum absolute atomic E-state index is 11.0. The van der Waals surface area contributed by atoms with E-state index in [0.717, 1.165) is 5.56 Å². The van der Waals surface area contributed by atoms with Gasteiger partial charge in [-0.3, -0.25) is 10.1 Å². The molecule has 0 bridgehead atoms. The zero-order chi connectivity index (χ0) is 14.0. The maximum Gasteiger partial charge on any atom is 0.313 e. The Morgan fingerprint density at radius 1 is 1.21 bits per heavy atom. The summed E-state index contributed by atoms with van der Waals surface area (Å²) in [5, 5.41) is 11.2. The topological polar surface area (TPSA) is 78.4 Å². The number of nitrogens with two attached hydrogens (primary N) is 1. The fraction of sp³-hybridized carbons (Fsp3) is 0.0769. The molecule has 0 heterocycles. The summed E-state index contributed by atoms with van der Waals surface area (Å²) in [6.45, 7) is 1.81. The van der Waals surface area contributed by atoms with E-state index in [4.69, 9.17) is 22.1 Å². The van der Waals surface area contributed by atoms with Gasteiger partial charge in [0.2, 0.25) is 5.75 Å². The third kappa shape index (κ3) is 2.95. The van der Waals surface area contributed by atoms with Crippen LogP contribution < -0.4 is 10.5 Å². The van der Waals surface area contributed by atoms with Gasteiger partial charge in [-0.25, -0.2) is 0 Å². The Balaban J connectivity index is 2.40. The number of nitro groups is 1. The number of ether oxygens (including phenoxy) is 1. The monoisotopic (exact) mass is 278 g/mol. The second-order valence-electron chi connectivity index (χ2n) is 4.00. The van der Waals surface area contributed by atoms with Crippen molar-refractivity contribution in [3.8, 4) is 11.5 Å². The Labute approximate surface area is 114 Å². The van der Waals surface area contributed by atoms with Gasteiger partial charge in [0.15, 0.2) is 0 Å². The number of benzene rings is 2. The minimum absolute atomic E-state index is 0.141. The summed E-state index contributed by atoms with van der Waals surface area (Å²) >= 11 is 5.74. The smallest absolute Gasteiger partial charge is 0.313 e. The van der Waals surface area contributed by atoms with Crippen LogP contribution in [0.5, 0.6) is 11.5 Å². The highest BCUT2D eigenvalue weighted by molar-refractivity contribution is 6.30. The van der Waals surface area contributed by atoms with Crippen LogP contribution >= 0.6 is 11.6 Å². The molecule has 19 heavy (non-hydrogen) atoms. The molecule has 0 aliphatic carbocycles. The van der Waals surface area contributed by atoms with Crippen LogP contribution in [-0.4, -0.2) is 4.92 Å². The van der Waals surface area contributed by atoms with Crippen LogP contribution in [0.2, 0.25) is 5.02 Å². The lowest BCUT2D eigenvalue weighted by molar-refractivity contribution is -0.385. The van der Waals surface area contributed by atoms with Crippen LogP contribution in [0.1, 0.15) is 5.56 Å². The molecule has 0 aliphatic heterocycles. The highest BCUT2D eigenvalue weighted by Gasteiger charge is 2.17. The van der Waals surface area contributed by atoms with E-state index < -0.39 is 4.92 Å². The molecule has 0 saturated carbocycles. The van der Waals surface area contributed by atoms with Crippen molar-refractivity contribution < 1.29 is 9.66 Å². The normalized spacial score (nSPS) is 10.2. The first-order chi connectivity index (χ1) is 8.97. The summed E-state index contributed by atoms with van der Waals surface area (Å²) in [6.07, 6.45) is 0. The molecule has 0 aromatic heterocycles. The van der Waals surface area contributed by atoms with Crippen molar-refractivity contribution in [1.29, 1.82) is 0 Å². The van der Waals surface area contributed by atoms with Gasteiger partial charge in [-0.15, -0.1) is 0 Å². The molecule has 2 N–H and O–H groups in total. The lowest BCUT2D eigenvalue weighted by Crippen LogP contribution is -1.95. The predicted octanol–water partition coefficient (Wildman–Crippen LogP) is 3.93. The van der Waals surface area contributed by atoms with Gasteiger partial charge in [-0.2, -0.15) is 0 Å². The molecular weight excluding hydrogens is 268 g/mol. The highest BCUT2D eigenvalue weighted by atomic mass is 35.5. The average Bonchev–Trinajstić information content (AvgIpc) is 2.34. The molecule has 98 valence electrons. The molecule has 0 spiro atoms. The number of nitrogen functional groups attached to an aromatic ring is 1. The first-order valence-electron chi connectivity index (χ1n) is 5.45. The summed E-state index contributed by atoms with van der Waals surface area (Å²) in [7, 11) is 0. The number of anilines is 1. The maximum atomic E-state index is 11.0. The Hall–Kier alpha value is -2.27. The molecule has 2 aromatic rings. The number of hydrogen-bond donors (Lipinski definition) is 1. The summed E-state index contributed by atoms with van der Waals surface area (Å²) < 4.78 is 5.56. The van der Waals surface area contributed by atoms with Crippen LogP contribution in [0.15, 0.2) is 36.4 Å². The van der Waals surface area contributed by atoms with Gasteiger partial charge in [0.25, 0.3) is 0 Å². The third-order valence-corrected chi connectivity index (χ3v) is 2.77. The summed E-state index contributed by atoms with van der Waals surface area (Å²) in [5.41, 5.74) is 6.86. The average molecular weight is 279 g/mol. The number of nitro benzene ring substituents is 1. The summed E-state index contributed by atoms with van der Waals surface area (Å²) in [6, 6.07) is 9.33. The first-order valence-corrected chi connectivity index (χ1v) is 5.83. The summed E-state index contributed by atoms with van der Waals surface area (Å²) in [4.78, 5) is 10.4. The fourth-order valence-corrected chi connectivity index (χ4v) is 1.79. The van der Waals surface area contributed by atoms with E-state index in [9.17, 15) is 10.1 Å². The highest BCUT2D eigenvalue weighted by Crippen LogP contribution is 2.35. The van der Waals surface area contributed by atoms with Gasteiger partial charge in [0.05, 0.1) is 4.92 Å². The fourth-order valence-electron chi connectivity index (χ4n) is 1.63. The quantitative estimate of drug-likeness (QED) is 0.524. The van der Waals surface area contributed by atoms with Crippen LogP contribution in [0.4, 0.5) is 11.4 Å². The van der Waals surface area contributed by atoms with E-state index in [1.165, 1.54) is 18.2 Å². The molecule has 2 aromatic carbocycles. The number of rotatable bonds is 3. The van der Waals surface area contributed by atoms with E-state index >= 15 is 0 Å². The Bertz CT molecular complexity index is 644.